The highest BCUT2D eigenvalue weighted by molar-refractivity contribution is 7.26. The van der Waals surface area contributed by atoms with E-state index in [1.807, 2.05) is 22.7 Å². The van der Waals surface area contributed by atoms with Crippen LogP contribution in [0.3, 0.4) is 0 Å². The van der Waals surface area contributed by atoms with Crippen molar-refractivity contribution >= 4 is 90.9 Å². The molecule has 0 bridgehead atoms. The molecule has 1 nitrogen and oxygen atoms in total. The lowest BCUT2D eigenvalue weighted by Gasteiger charge is -2.29. The van der Waals surface area contributed by atoms with Crippen molar-refractivity contribution < 1.29 is 0 Å². The first-order valence-electron chi connectivity index (χ1n) is 16.6. The van der Waals surface area contributed by atoms with Gasteiger partial charge in [-0.25, -0.2) is 0 Å². The minimum Gasteiger partial charge on any atom is -0.309 e. The Hall–Kier alpha value is -5.74. The molecule has 0 saturated heterocycles. The van der Waals surface area contributed by atoms with Gasteiger partial charge in [0.15, 0.2) is 0 Å². The van der Waals surface area contributed by atoms with E-state index in [0.29, 0.717) is 0 Å². The van der Waals surface area contributed by atoms with E-state index in [-0.39, 0.29) is 0 Å². The van der Waals surface area contributed by atoms with Crippen molar-refractivity contribution in [2.24, 2.45) is 0 Å². The van der Waals surface area contributed by atoms with Crippen molar-refractivity contribution in [3.63, 3.8) is 0 Å². The zero-order valence-corrected chi connectivity index (χ0v) is 28.1. The van der Waals surface area contributed by atoms with Crippen molar-refractivity contribution in [2.45, 2.75) is 0 Å². The van der Waals surface area contributed by atoms with Crippen molar-refractivity contribution in [1.82, 2.24) is 0 Å². The molecule has 0 saturated carbocycles. The molecule has 3 heteroatoms. The van der Waals surface area contributed by atoms with Crippen molar-refractivity contribution in [3.05, 3.63) is 176 Å². The molecular formula is C46H29NS2. The van der Waals surface area contributed by atoms with Gasteiger partial charge in [0.05, 0.1) is 11.4 Å². The summed E-state index contributed by atoms with van der Waals surface area (Å²) in [5.41, 5.74) is 8.34. The Morgan fingerprint density at radius 1 is 0.347 bits per heavy atom. The standard InChI is InChI=1S/C46H29NS2/c1-2-13-34-30(11-1)12-9-17-35(34)31-23-26-33(27-24-31)47(41-19-10-22-45-46(41)38-16-5-8-21-43(38)49-45)40-18-6-3-14-36(40)32-25-28-44-39(29-32)37-15-4-7-20-42(37)48-44/h1-29H. The number of fused-ring (bicyclic) bond motifs is 7. The molecule has 10 aromatic rings. The summed E-state index contributed by atoms with van der Waals surface area (Å²) >= 11 is 3.73. The van der Waals surface area contributed by atoms with Crippen LogP contribution >= 0.6 is 22.7 Å². The summed E-state index contributed by atoms with van der Waals surface area (Å²) in [6.07, 6.45) is 0. The first-order chi connectivity index (χ1) is 24.3. The highest BCUT2D eigenvalue weighted by Crippen LogP contribution is 2.48. The molecule has 230 valence electrons. The molecular weight excluding hydrogens is 631 g/mol. The molecule has 0 fully saturated rings. The SMILES string of the molecule is c1ccc(N(c2ccc(-c3cccc4ccccc34)cc2)c2cccc3sc4ccccc4c23)c(-c2ccc3sc4ccccc4c3c2)c1. The first kappa shape index (κ1) is 28.3. The average Bonchev–Trinajstić information content (AvgIpc) is 3.74. The lowest BCUT2D eigenvalue weighted by Crippen LogP contribution is -2.11. The summed E-state index contributed by atoms with van der Waals surface area (Å²) in [5.74, 6) is 0. The highest BCUT2D eigenvalue weighted by Gasteiger charge is 2.21. The quantitative estimate of drug-likeness (QED) is 0.178. The van der Waals surface area contributed by atoms with Gasteiger partial charge in [-0.1, -0.05) is 121 Å². The minimum atomic E-state index is 1.13. The fourth-order valence-electron chi connectivity index (χ4n) is 7.42. The second-order valence-corrected chi connectivity index (χ2v) is 14.7. The van der Waals surface area contributed by atoms with Crippen LogP contribution < -0.4 is 4.90 Å². The summed E-state index contributed by atoms with van der Waals surface area (Å²) in [5, 5.41) is 7.73. The fourth-order valence-corrected chi connectivity index (χ4v) is 9.64. The smallest absolute Gasteiger partial charge is 0.0555 e. The summed E-state index contributed by atoms with van der Waals surface area (Å²) in [4.78, 5) is 2.47. The van der Waals surface area contributed by atoms with Crippen LogP contribution in [0.1, 0.15) is 0 Å². The number of benzene rings is 8. The molecule has 8 aromatic carbocycles. The van der Waals surface area contributed by atoms with Gasteiger partial charge < -0.3 is 4.90 Å². The van der Waals surface area contributed by atoms with Gasteiger partial charge in [-0.2, -0.15) is 0 Å². The normalized spacial score (nSPS) is 11.7. The van der Waals surface area contributed by atoms with Crippen molar-refractivity contribution in [1.29, 1.82) is 0 Å². The number of hydrogen-bond donors (Lipinski definition) is 0. The maximum Gasteiger partial charge on any atom is 0.0555 e. The van der Waals surface area contributed by atoms with Gasteiger partial charge in [0.25, 0.3) is 0 Å². The third kappa shape index (κ3) is 4.66. The minimum absolute atomic E-state index is 1.13. The monoisotopic (exact) mass is 659 g/mol. The molecule has 0 amide bonds. The van der Waals surface area contributed by atoms with E-state index >= 15 is 0 Å². The molecule has 0 aliphatic carbocycles. The Morgan fingerprint density at radius 2 is 0.918 bits per heavy atom. The van der Waals surface area contributed by atoms with Crippen LogP contribution in [0.5, 0.6) is 0 Å². The van der Waals surface area contributed by atoms with Crippen molar-refractivity contribution in [3.8, 4) is 22.3 Å². The highest BCUT2D eigenvalue weighted by atomic mass is 32.1. The van der Waals surface area contributed by atoms with Crippen LogP contribution in [-0.4, -0.2) is 0 Å². The van der Waals surface area contributed by atoms with E-state index in [9.17, 15) is 0 Å². The number of anilines is 3. The van der Waals surface area contributed by atoms with Crippen LogP contribution in [0, 0.1) is 0 Å². The molecule has 49 heavy (non-hydrogen) atoms. The van der Waals surface area contributed by atoms with Crippen LogP contribution in [0.25, 0.3) is 73.4 Å². The zero-order valence-electron chi connectivity index (χ0n) is 26.5. The second kappa shape index (κ2) is 11.5. The Balaban J connectivity index is 1.20. The first-order valence-corrected chi connectivity index (χ1v) is 18.2. The predicted octanol–water partition coefficient (Wildman–Crippen LogP) is 14.4. The number of para-hydroxylation sites is 1. The van der Waals surface area contributed by atoms with E-state index in [2.05, 4.69) is 181 Å². The second-order valence-electron chi connectivity index (χ2n) is 12.5. The van der Waals surface area contributed by atoms with Crippen molar-refractivity contribution in [2.75, 3.05) is 4.90 Å². The number of thiophene rings is 2. The lowest BCUT2D eigenvalue weighted by molar-refractivity contribution is 1.30. The third-order valence-corrected chi connectivity index (χ3v) is 12.0. The van der Waals surface area contributed by atoms with Crippen LogP contribution in [0.15, 0.2) is 176 Å². The Kier molecular flexibility index (Phi) is 6.61. The summed E-state index contributed by atoms with van der Waals surface area (Å²) in [6, 6.07) is 64.5. The van der Waals surface area contributed by atoms with Gasteiger partial charge in [-0.05, 0) is 82.1 Å². The molecule has 10 rings (SSSR count). The van der Waals surface area contributed by atoms with Gasteiger partial charge in [0.2, 0.25) is 0 Å². The summed E-state index contributed by atoms with van der Waals surface area (Å²) in [7, 11) is 0. The van der Waals surface area contributed by atoms with Gasteiger partial charge in [-0.3, -0.25) is 0 Å². The van der Waals surface area contributed by atoms with E-state index in [0.717, 1.165) is 11.4 Å². The number of nitrogens with zero attached hydrogens (tertiary/aromatic N) is 1. The maximum absolute atomic E-state index is 2.47. The maximum atomic E-state index is 2.47. The fraction of sp³-hybridized carbons (Fsp3) is 0. The van der Waals surface area contributed by atoms with Gasteiger partial charge in [0.1, 0.15) is 0 Å². The lowest BCUT2D eigenvalue weighted by atomic mass is 9.97. The Morgan fingerprint density at radius 3 is 1.80 bits per heavy atom. The predicted molar refractivity (Wildman–Crippen MR) is 215 cm³/mol. The van der Waals surface area contributed by atoms with Gasteiger partial charge in [-0.15, -0.1) is 22.7 Å². The molecule has 2 aromatic heterocycles. The molecule has 0 spiro atoms. The van der Waals surface area contributed by atoms with E-state index < -0.39 is 0 Å². The third-order valence-electron chi connectivity index (χ3n) is 9.68. The summed E-state index contributed by atoms with van der Waals surface area (Å²) in [6.45, 7) is 0. The average molecular weight is 660 g/mol. The van der Waals surface area contributed by atoms with E-state index in [1.165, 1.54) is 79.1 Å². The van der Waals surface area contributed by atoms with Crippen LogP contribution in [0.2, 0.25) is 0 Å². The molecule has 2 heterocycles. The topological polar surface area (TPSA) is 3.24 Å². The molecule has 0 aliphatic rings. The Labute approximate surface area is 292 Å². The largest absolute Gasteiger partial charge is 0.309 e. The molecule has 0 radical (unpaired) electrons. The van der Waals surface area contributed by atoms with E-state index in [1.54, 1.807) is 0 Å². The molecule has 0 N–H and O–H groups in total. The molecule has 0 atom stereocenters. The molecule has 0 unspecified atom stereocenters. The zero-order chi connectivity index (χ0) is 32.3. The van der Waals surface area contributed by atoms with E-state index in [4.69, 9.17) is 0 Å². The van der Waals surface area contributed by atoms with Gasteiger partial charge >= 0.3 is 0 Å². The Bertz CT molecular complexity index is 2830. The van der Waals surface area contributed by atoms with Crippen LogP contribution in [-0.2, 0) is 0 Å². The van der Waals surface area contributed by atoms with Crippen LogP contribution in [0.4, 0.5) is 17.1 Å². The number of hydrogen-bond acceptors (Lipinski definition) is 3. The molecule has 0 aliphatic heterocycles. The van der Waals surface area contributed by atoms with Gasteiger partial charge in [0, 0.05) is 51.6 Å². The summed E-state index contributed by atoms with van der Waals surface area (Å²) < 4.78 is 5.24. The number of rotatable bonds is 5.